The van der Waals surface area contributed by atoms with Gasteiger partial charge in [-0.1, -0.05) is 20.8 Å². The Morgan fingerprint density at radius 2 is 1.93 bits per heavy atom. The van der Waals surface area contributed by atoms with Crippen LogP contribution in [0.4, 0.5) is 0 Å². The lowest BCUT2D eigenvalue weighted by molar-refractivity contribution is -0.143. The zero-order valence-electron chi connectivity index (χ0n) is 9.66. The smallest absolute Gasteiger partial charge is 0.326 e. The zero-order valence-corrected chi connectivity index (χ0v) is 10.5. The molecule has 1 amide bonds. The van der Waals surface area contributed by atoms with Crippen LogP contribution >= 0.6 is 11.8 Å². The van der Waals surface area contributed by atoms with Gasteiger partial charge >= 0.3 is 5.97 Å². The minimum Gasteiger partial charge on any atom is -0.480 e. The molecule has 0 fully saturated rings. The summed E-state index contributed by atoms with van der Waals surface area (Å²) in [5.74, 6) is -0.473. The molecule has 0 spiro atoms. The Balaban J connectivity index is 4.29. The topological polar surface area (TPSA) is 66.4 Å². The molecule has 2 N–H and O–H groups in total. The van der Waals surface area contributed by atoms with Gasteiger partial charge in [-0.2, -0.15) is 11.8 Å². The van der Waals surface area contributed by atoms with Crippen LogP contribution in [0.15, 0.2) is 0 Å². The van der Waals surface area contributed by atoms with Crippen LogP contribution in [0.5, 0.6) is 0 Å². The number of carbonyl (C=O) groups is 2. The molecule has 0 heterocycles. The Labute approximate surface area is 94.8 Å². The number of aliphatic carboxylic acids is 1. The first-order chi connectivity index (χ1) is 6.79. The van der Waals surface area contributed by atoms with Crippen LogP contribution in [0.2, 0.25) is 0 Å². The van der Waals surface area contributed by atoms with Crippen molar-refractivity contribution < 1.29 is 14.7 Å². The molecule has 5 heteroatoms. The van der Waals surface area contributed by atoms with Gasteiger partial charge in [0.15, 0.2) is 0 Å². The third kappa shape index (κ3) is 5.67. The number of rotatable bonds is 5. The van der Waals surface area contributed by atoms with Gasteiger partial charge in [0.25, 0.3) is 0 Å². The first-order valence-electron chi connectivity index (χ1n) is 4.81. The van der Waals surface area contributed by atoms with E-state index in [1.54, 1.807) is 32.5 Å². The molecule has 0 unspecified atom stereocenters. The van der Waals surface area contributed by atoms with Crippen molar-refractivity contribution in [2.24, 2.45) is 5.41 Å². The van der Waals surface area contributed by atoms with E-state index in [1.807, 2.05) is 6.26 Å². The van der Waals surface area contributed by atoms with Crippen molar-refractivity contribution in [1.82, 2.24) is 5.32 Å². The van der Waals surface area contributed by atoms with Crippen LogP contribution in [0.25, 0.3) is 0 Å². The maximum atomic E-state index is 11.6. The van der Waals surface area contributed by atoms with Gasteiger partial charge in [0.05, 0.1) is 0 Å². The zero-order chi connectivity index (χ0) is 12.1. The van der Waals surface area contributed by atoms with E-state index in [2.05, 4.69) is 5.32 Å². The molecule has 0 aliphatic rings. The minimum absolute atomic E-state index is 0.226. The first kappa shape index (κ1) is 14.3. The fourth-order valence-electron chi connectivity index (χ4n) is 0.868. The molecule has 0 aromatic carbocycles. The molecule has 88 valence electrons. The number of hydrogen-bond donors (Lipinski definition) is 2. The van der Waals surface area contributed by atoms with Crippen LogP contribution in [0, 0.1) is 5.41 Å². The van der Waals surface area contributed by atoms with Crippen molar-refractivity contribution in [1.29, 1.82) is 0 Å². The largest absolute Gasteiger partial charge is 0.480 e. The van der Waals surface area contributed by atoms with Crippen molar-refractivity contribution >= 4 is 23.6 Å². The first-order valence-corrected chi connectivity index (χ1v) is 6.21. The number of thioether (sulfide) groups is 1. The lowest BCUT2D eigenvalue weighted by Crippen LogP contribution is -2.46. The van der Waals surface area contributed by atoms with Crippen LogP contribution < -0.4 is 5.32 Å². The standard InChI is InChI=1S/C10H19NO3S/c1-10(2,3)9(14)11-7(8(12)13)5-6-15-4/h7H,5-6H2,1-4H3,(H,11,14)(H,12,13)/t7-/m1/s1. The second-order valence-corrected chi connectivity index (χ2v) is 5.38. The Bertz CT molecular complexity index is 235. The Morgan fingerprint density at radius 1 is 1.40 bits per heavy atom. The molecule has 0 aliphatic heterocycles. The predicted octanol–water partition coefficient (Wildman–Crippen LogP) is 1.35. The van der Waals surface area contributed by atoms with Gasteiger partial charge in [0.2, 0.25) is 5.91 Å². The number of carboxylic acid groups (broad SMARTS) is 1. The van der Waals surface area contributed by atoms with Gasteiger partial charge in [-0.05, 0) is 18.4 Å². The van der Waals surface area contributed by atoms with Crippen LogP contribution in [-0.4, -0.2) is 35.0 Å². The summed E-state index contributed by atoms with van der Waals surface area (Å²) in [5, 5.41) is 11.4. The molecule has 0 aliphatic carbocycles. The molecular weight excluding hydrogens is 214 g/mol. The van der Waals surface area contributed by atoms with Gasteiger partial charge in [0, 0.05) is 5.41 Å². The number of carboxylic acids is 1. The van der Waals surface area contributed by atoms with Crippen LogP contribution in [0.3, 0.4) is 0 Å². The average Bonchev–Trinajstić information content (AvgIpc) is 2.09. The molecule has 4 nitrogen and oxygen atoms in total. The highest BCUT2D eigenvalue weighted by Crippen LogP contribution is 2.13. The summed E-state index contributed by atoms with van der Waals surface area (Å²) >= 11 is 1.57. The van der Waals surface area contributed by atoms with Crippen molar-refractivity contribution in [3.05, 3.63) is 0 Å². The summed E-state index contributed by atoms with van der Waals surface area (Å²) in [6.45, 7) is 5.28. The van der Waals surface area contributed by atoms with E-state index >= 15 is 0 Å². The molecule has 0 aromatic heterocycles. The van der Waals surface area contributed by atoms with Gasteiger partial charge in [-0.3, -0.25) is 4.79 Å². The van der Waals surface area contributed by atoms with Gasteiger partial charge in [0.1, 0.15) is 6.04 Å². The Hall–Kier alpha value is -0.710. The van der Waals surface area contributed by atoms with Crippen LogP contribution in [0.1, 0.15) is 27.2 Å². The van der Waals surface area contributed by atoms with Gasteiger partial charge in [-0.25, -0.2) is 4.79 Å². The number of carbonyl (C=O) groups excluding carboxylic acids is 1. The molecule has 1 atom stereocenters. The van der Waals surface area contributed by atoms with E-state index in [0.717, 1.165) is 5.75 Å². The van der Waals surface area contributed by atoms with Gasteiger partial charge < -0.3 is 10.4 Å². The van der Waals surface area contributed by atoms with Crippen molar-refractivity contribution in [3.8, 4) is 0 Å². The Morgan fingerprint density at radius 3 is 2.27 bits per heavy atom. The maximum absolute atomic E-state index is 11.6. The van der Waals surface area contributed by atoms with E-state index in [0.29, 0.717) is 6.42 Å². The normalized spacial score (nSPS) is 13.3. The molecular formula is C10H19NO3S. The summed E-state index contributed by atoms with van der Waals surface area (Å²) in [6.07, 6.45) is 2.36. The monoisotopic (exact) mass is 233 g/mol. The average molecular weight is 233 g/mol. The molecule has 15 heavy (non-hydrogen) atoms. The van der Waals surface area contributed by atoms with Crippen LogP contribution in [-0.2, 0) is 9.59 Å². The highest BCUT2D eigenvalue weighted by atomic mass is 32.2. The molecule has 0 aromatic rings. The second kappa shape index (κ2) is 6.00. The SMILES string of the molecule is CSCC[C@@H](NC(=O)C(C)(C)C)C(=O)O. The second-order valence-electron chi connectivity index (χ2n) is 4.40. The number of amides is 1. The van der Waals surface area contributed by atoms with Gasteiger partial charge in [-0.15, -0.1) is 0 Å². The van der Waals surface area contributed by atoms with E-state index in [-0.39, 0.29) is 5.91 Å². The van der Waals surface area contributed by atoms with Crippen molar-refractivity contribution in [2.75, 3.05) is 12.0 Å². The summed E-state index contributed by atoms with van der Waals surface area (Å²) in [6, 6.07) is -0.774. The lowest BCUT2D eigenvalue weighted by Gasteiger charge is -2.21. The third-order valence-corrected chi connectivity index (χ3v) is 2.54. The Kier molecular flexibility index (Phi) is 5.72. The molecule has 0 rings (SSSR count). The highest BCUT2D eigenvalue weighted by Gasteiger charge is 2.26. The summed E-state index contributed by atoms with van der Waals surface area (Å²) in [4.78, 5) is 22.4. The van der Waals surface area contributed by atoms with E-state index in [4.69, 9.17) is 5.11 Å². The quantitative estimate of drug-likeness (QED) is 0.752. The van der Waals surface area contributed by atoms with Crippen molar-refractivity contribution in [2.45, 2.75) is 33.2 Å². The molecule has 0 radical (unpaired) electrons. The summed E-state index contributed by atoms with van der Waals surface area (Å²) in [5.41, 5.74) is -0.549. The maximum Gasteiger partial charge on any atom is 0.326 e. The highest BCUT2D eigenvalue weighted by molar-refractivity contribution is 7.98. The predicted molar refractivity (Wildman–Crippen MR) is 62.0 cm³/mol. The van der Waals surface area contributed by atoms with Crippen molar-refractivity contribution in [3.63, 3.8) is 0 Å². The number of nitrogens with one attached hydrogen (secondary N) is 1. The number of hydrogen-bond acceptors (Lipinski definition) is 3. The fraction of sp³-hybridized carbons (Fsp3) is 0.800. The molecule has 0 saturated carbocycles. The molecule has 0 bridgehead atoms. The third-order valence-electron chi connectivity index (χ3n) is 1.90. The van der Waals surface area contributed by atoms with E-state index < -0.39 is 17.4 Å². The van der Waals surface area contributed by atoms with E-state index in [1.165, 1.54) is 0 Å². The van der Waals surface area contributed by atoms with E-state index in [9.17, 15) is 9.59 Å². The lowest BCUT2D eigenvalue weighted by atomic mass is 9.95. The molecule has 0 saturated heterocycles. The summed E-state index contributed by atoms with van der Waals surface area (Å²) < 4.78 is 0. The fourth-order valence-corrected chi connectivity index (χ4v) is 1.34. The minimum atomic E-state index is -0.971. The summed E-state index contributed by atoms with van der Waals surface area (Å²) in [7, 11) is 0.